The second kappa shape index (κ2) is 5.89. The summed E-state index contributed by atoms with van der Waals surface area (Å²) in [7, 11) is 0. The molecule has 0 aliphatic heterocycles. The first-order valence-electron chi connectivity index (χ1n) is 6.24. The fourth-order valence-corrected chi connectivity index (χ4v) is 2.74. The van der Waals surface area contributed by atoms with Crippen molar-refractivity contribution < 1.29 is 9.50 Å². The van der Waals surface area contributed by atoms with Gasteiger partial charge in [-0.1, -0.05) is 12.8 Å². The number of nitrogens with two attached hydrogens (primary N) is 1. The summed E-state index contributed by atoms with van der Waals surface area (Å²) in [6, 6.07) is 2.93. The highest BCUT2D eigenvalue weighted by Gasteiger charge is 2.22. The Bertz CT molecular complexity index is 428. The molecule has 1 aliphatic carbocycles. The van der Waals surface area contributed by atoms with E-state index in [4.69, 9.17) is 5.73 Å². The van der Waals surface area contributed by atoms with Gasteiger partial charge in [0.1, 0.15) is 5.82 Å². The van der Waals surface area contributed by atoms with E-state index in [1.54, 1.807) is 6.07 Å². The van der Waals surface area contributed by atoms with Crippen LogP contribution in [0.4, 0.5) is 15.8 Å². The van der Waals surface area contributed by atoms with E-state index >= 15 is 0 Å². The van der Waals surface area contributed by atoms with Gasteiger partial charge in [0, 0.05) is 18.5 Å². The Morgan fingerprint density at radius 1 is 1.39 bits per heavy atom. The molecule has 1 saturated carbocycles. The number of anilines is 2. The molecule has 0 aromatic heterocycles. The van der Waals surface area contributed by atoms with E-state index in [1.165, 1.54) is 6.07 Å². The molecule has 1 aliphatic rings. The second-order valence-corrected chi connectivity index (χ2v) is 5.70. The monoisotopic (exact) mass is 316 g/mol. The predicted octanol–water partition coefficient (Wildman–Crippen LogP) is 3.13. The van der Waals surface area contributed by atoms with Crippen molar-refractivity contribution in [2.24, 2.45) is 5.92 Å². The van der Waals surface area contributed by atoms with Crippen LogP contribution in [-0.4, -0.2) is 17.8 Å². The van der Waals surface area contributed by atoms with Crippen molar-refractivity contribution in [3.8, 4) is 0 Å². The number of hydrogen-bond donors (Lipinski definition) is 3. The van der Waals surface area contributed by atoms with Crippen LogP contribution in [0.15, 0.2) is 16.6 Å². The number of benzene rings is 1. The molecule has 0 saturated heterocycles. The molecule has 2 unspecified atom stereocenters. The number of rotatable bonds is 3. The Balaban J connectivity index is 1.99. The van der Waals surface area contributed by atoms with Gasteiger partial charge >= 0.3 is 0 Å². The Morgan fingerprint density at radius 2 is 2.11 bits per heavy atom. The number of halogens is 2. The van der Waals surface area contributed by atoms with Crippen LogP contribution in [0.1, 0.15) is 25.7 Å². The quantitative estimate of drug-likeness (QED) is 0.751. The smallest absolute Gasteiger partial charge is 0.139 e. The van der Waals surface area contributed by atoms with Crippen molar-refractivity contribution in [1.29, 1.82) is 0 Å². The number of aliphatic hydroxyl groups is 1. The molecule has 100 valence electrons. The molecule has 4 N–H and O–H groups in total. The zero-order valence-corrected chi connectivity index (χ0v) is 11.7. The SMILES string of the molecule is Nc1cc(Br)c(F)cc1NCC1CCCCC1O. The lowest BCUT2D eigenvalue weighted by atomic mass is 9.86. The first-order valence-corrected chi connectivity index (χ1v) is 7.03. The van der Waals surface area contributed by atoms with Crippen LogP contribution in [0.5, 0.6) is 0 Å². The molecule has 2 rings (SSSR count). The standard InChI is InChI=1S/C13H18BrFN2O/c14-9-5-11(16)12(6-10(9)15)17-7-8-3-1-2-4-13(8)18/h5-6,8,13,17-18H,1-4,7,16H2. The third-order valence-corrected chi connectivity index (χ3v) is 4.12. The van der Waals surface area contributed by atoms with E-state index in [2.05, 4.69) is 21.2 Å². The van der Waals surface area contributed by atoms with Crippen molar-refractivity contribution in [1.82, 2.24) is 0 Å². The number of nitrogen functional groups attached to an aromatic ring is 1. The zero-order valence-electron chi connectivity index (χ0n) is 10.1. The van der Waals surface area contributed by atoms with Gasteiger partial charge in [0.05, 0.1) is 22.0 Å². The molecule has 1 aromatic carbocycles. The summed E-state index contributed by atoms with van der Waals surface area (Å²) < 4.78 is 13.8. The van der Waals surface area contributed by atoms with E-state index in [9.17, 15) is 9.50 Å². The van der Waals surface area contributed by atoms with Crippen LogP contribution in [0.3, 0.4) is 0 Å². The highest BCUT2D eigenvalue weighted by atomic mass is 79.9. The summed E-state index contributed by atoms with van der Waals surface area (Å²) in [4.78, 5) is 0. The lowest BCUT2D eigenvalue weighted by molar-refractivity contribution is 0.0763. The van der Waals surface area contributed by atoms with Crippen molar-refractivity contribution in [3.63, 3.8) is 0 Å². The van der Waals surface area contributed by atoms with Crippen LogP contribution in [0, 0.1) is 11.7 Å². The molecule has 0 bridgehead atoms. The maximum Gasteiger partial charge on any atom is 0.139 e. The van der Waals surface area contributed by atoms with Crippen LogP contribution in [-0.2, 0) is 0 Å². The van der Waals surface area contributed by atoms with E-state index < -0.39 is 0 Å². The summed E-state index contributed by atoms with van der Waals surface area (Å²) in [6.45, 7) is 0.631. The third kappa shape index (κ3) is 3.14. The van der Waals surface area contributed by atoms with Crippen LogP contribution in [0.25, 0.3) is 0 Å². The Morgan fingerprint density at radius 3 is 2.83 bits per heavy atom. The molecule has 0 spiro atoms. The summed E-state index contributed by atoms with van der Waals surface area (Å²) >= 11 is 3.09. The molecule has 3 nitrogen and oxygen atoms in total. The minimum Gasteiger partial charge on any atom is -0.397 e. The summed E-state index contributed by atoms with van der Waals surface area (Å²) in [5.74, 6) is -0.110. The summed E-state index contributed by atoms with van der Waals surface area (Å²) in [5, 5.41) is 13.0. The molecule has 0 amide bonds. The fraction of sp³-hybridized carbons (Fsp3) is 0.538. The van der Waals surface area contributed by atoms with E-state index in [-0.39, 0.29) is 17.8 Å². The van der Waals surface area contributed by atoms with Gasteiger partial charge in [-0.25, -0.2) is 4.39 Å². The van der Waals surface area contributed by atoms with Gasteiger partial charge in [-0.05, 0) is 34.8 Å². The Labute approximate surface area is 115 Å². The van der Waals surface area contributed by atoms with Gasteiger partial charge in [0.2, 0.25) is 0 Å². The summed E-state index contributed by atoms with van der Waals surface area (Å²) in [6.07, 6.45) is 3.84. The topological polar surface area (TPSA) is 58.3 Å². The summed E-state index contributed by atoms with van der Waals surface area (Å²) in [5.41, 5.74) is 6.92. The van der Waals surface area contributed by atoms with Gasteiger partial charge in [-0.2, -0.15) is 0 Å². The molecular weight excluding hydrogens is 299 g/mol. The molecule has 2 atom stereocenters. The molecule has 5 heteroatoms. The van der Waals surface area contributed by atoms with Gasteiger partial charge < -0.3 is 16.2 Å². The lowest BCUT2D eigenvalue weighted by Crippen LogP contribution is -2.30. The molecular formula is C13H18BrFN2O. The first-order chi connectivity index (χ1) is 8.58. The molecule has 0 heterocycles. The normalized spacial score (nSPS) is 23.9. The largest absolute Gasteiger partial charge is 0.397 e. The minimum absolute atomic E-state index is 0.227. The second-order valence-electron chi connectivity index (χ2n) is 4.85. The van der Waals surface area contributed by atoms with E-state index in [1.807, 2.05) is 0 Å². The average molecular weight is 317 g/mol. The first kappa shape index (κ1) is 13.6. The number of nitrogens with one attached hydrogen (secondary N) is 1. The van der Waals surface area contributed by atoms with Gasteiger partial charge in [0.15, 0.2) is 0 Å². The Kier molecular flexibility index (Phi) is 4.45. The lowest BCUT2D eigenvalue weighted by Gasteiger charge is -2.28. The fourth-order valence-electron chi connectivity index (χ4n) is 2.38. The maximum atomic E-state index is 13.4. The predicted molar refractivity (Wildman–Crippen MR) is 75.0 cm³/mol. The maximum absolute atomic E-state index is 13.4. The van der Waals surface area contributed by atoms with Gasteiger partial charge in [0.25, 0.3) is 0 Å². The van der Waals surface area contributed by atoms with Crippen LogP contribution in [0.2, 0.25) is 0 Å². The van der Waals surface area contributed by atoms with Gasteiger partial charge in [-0.15, -0.1) is 0 Å². The van der Waals surface area contributed by atoms with Gasteiger partial charge in [-0.3, -0.25) is 0 Å². The average Bonchev–Trinajstić information content (AvgIpc) is 2.34. The number of aliphatic hydroxyl groups excluding tert-OH is 1. The van der Waals surface area contributed by atoms with Crippen molar-refractivity contribution >= 4 is 27.3 Å². The van der Waals surface area contributed by atoms with Crippen molar-refractivity contribution in [2.75, 3.05) is 17.6 Å². The zero-order chi connectivity index (χ0) is 13.1. The van der Waals surface area contributed by atoms with Crippen molar-refractivity contribution in [3.05, 3.63) is 22.4 Å². The van der Waals surface area contributed by atoms with E-state index in [0.717, 1.165) is 25.7 Å². The van der Waals surface area contributed by atoms with Crippen LogP contribution >= 0.6 is 15.9 Å². The molecule has 0 radical (unpaired) electrons. The molecule has 1 fully saturated rings. The molecule has 1 aromatic rings. The highest BCUT2D eigenvalue weighted by molar-refractivity contribution is 9.10. The van der Waals surface area contributed by atoms with Crippen molar-refractivity contribution in [2.45, 2.75) is 31.8 Å². The Hall–Kier alpha value is -0.810. The minimum atomic E-state index is -0.337. The number of hydrogen-bond acceptors (Lipinski definition) is 3. The molecule has 18 heavy (non-hydrogen) atoms. The third-order valence-electron chi connectivity index (χ3n) is 3.52. The van der Waals surface area contributed by atoms with Crippen LogP contribution < -0.4 is 11.1 Å². The van der Waals surface area contributed by atoms with E-state index in [0.29, 0.717) is 22.4 Å². The highest BCUT2D eigenvalue weighted by Crippen LogP contribution is 2.28.